The molecule has 1 aliphatic carbocycles. The molecule has 0 atom stereocenters. The van der Waals surface area contributed by atoms with E-state index in [2.05, 4.69) is 34.4 Å². The molecule has 2 heterocycles. The molecule has 1 aromatic rings. The number of anilines is 1. The standard InChI is InChI=1S/C20H32N4O/c1-15(2)24-13-10-16(11-14-24)20(25)23-18-8-6-17(7-9-18)22-19-5-3-4-12-21-19/h3-5,12,15-18H,6-11,13-14H2,1-2H3,(H,21,22)(H,23,25). The molecule has 1 aliphatic heterocycles. The third-order valence-corrected chi connectivity index (χ3v) is 5.72. The number of amides is 1. The van der Waals surface area contributed by atoms with Crippen molar-refractivity contribution >= 4 is 11.7 Å². The molecule has 5 nitrogen and oxygen atoms in total. The van der Waals surface area contributed by atoms with Gasteiger partial charge in [0.25, 0.3) is 0 Å². The molecule has 2 aliphatic rings. The number of nitrogens with one attached hydrogen (secondary N) is 2. The van der Waals surface area contributed by atoms with Gasteiger partial charge in [0, 0.05) is 30.2 Å². The molecule has 0 unspecified atom stereocenters. The summed E-state index contributed by atoms with van der Waals surface area (Å²) in [7, 11) is 0. The number of piperidine rings is 1. The van der Waals surface area contributed by atoms with Crippen molar-refractivity contribution in [1.82, 2.24) is 15.2 Å². The Morgan fingerprint density at radius 1 is 1.08 bits per heavy atom. The highest BCUT2D eigenvalue weighted by Gasteiger charge is 2.29. The molecule has 0 aromatic carbocycles. The quantitative estimate of drug-likeness (QED) is 0.862. The van der Waals surface area contributed by atoms with Crippen LogP contribution in [-0.4, -0.2) is 47.0 Å². The summed E-state index contributed by atoms with van der Waals surface area (Å²) >= 11 is 0. The highest BCUT2D eigenvalue weighted by molar-refractivity contribution is 5.79. The van der Waals surface area contributed by atoms with Gasteiger partial charge in [0.05, 0.1) is 0 Å². The fourth-order valence-electron chi connectivity index (χ4n) is 4.04. The molecule has 0 radical (unpaired) electrons. The van der Waals surface area contributed by atoms with E-state index in [4.69, 9.17) is 0 Å². The molecule has 1 saturated carbocycles. The number of hydrogen-bond donors (Lipinski definition) is 2. The second kappa shape index (κ2) is 8.65. The van der Waals surface area contributed by atoms with Crippen molar-refractivity contribution in [3.8, 4) is 0 Å². The average molecular weight is 345 g/mol. The molecule has 3 rings (SSSR count). The van der Waals surface area contributed by atoms with Crippen LogP contribution in [0, 0.1) is 5.92 Å². The van der Waals surface area contributed by atoms with Crippen LogP contribution < -0.4 is 10.6 Å². The van der Waals surface area contributed by atoms with Crippen LogP contribution in [0.2, 0.25) is 0 Å². The zero-order chi connectivity index (χ0) is 17.6. The first-order valence-electron chi connectivity index (χ1n) is 9.84. The minimum absolute atomic E-state index is 0.208. The van der Waals surface area contributed by atoms with Gasteiger partial charge >= 0.3 is 0 Å². The Hall–Kier alpha value is -1.62. The number of carbonyl (C=O) groups excluding carboxylic acids is 1. The maximum Gasteiger partial charge on any atom is 0.223 e. The van der Waals surface area contributed by atoms with Crippen molar-refractivity contribution in [2.24, 2.45) is 5.92 Å². The zero-order valence-corrected chi connectivity index (χ0v) is 15.6. The van der Waals surface area contributed by atoms with E-state index in [1.165, 1.54) is 0 Å². The van der Waals surface area contributed by atoms with Gasteiger partial charge in [-0.05, 0) is 77.6 Å². The van der Waals surface area contributed by atoms with E-state index < -0.39 is 0 Å². The van der Waals surface area contributed by atoms with E-state index >= 15 is 0 Å². The lowest BCUT2D eigenvalue weighted by atomic mass is 9.89. The fraction of sp³-hybridized carbons (Fsp3) is 0.700. The normalized spacial score (nSPS) is 25.7. The largest absolute Gasteiger partial charge is 0.367 e. The summed E-state index contributed by atoms with van der Waals surface area (Å²) in [5, 5.41) is 6.82. The minimum Gasteiger partial charge on any atom is -0.367 e. The van der Waals surface area contributed by atoms with E-state index in [9.17, 15) is 4.79 Å². The van der Waals surface area contributed by atoms with Crippen LogP contribution in [-0.2, 0) is 4.79 Å². The molecular formula is C20H32N4O. The van der Waals surface area contributed by atoms with Crippen LogP contribution in [0.3, 0.4) is 0 Å². The third kappa shape index (κ3) is 5.18. The molecule has 1 amide bonds. The van der Waals surface area contributed by atoms with Gasteiger partial charge < -0.3 is 15.5 Å². The predicted molar refractivity (Wildman–Crippen MR) is 101 cm³/mol. The van der Waals surface area contributed by atoms with Crippen molar-refractivity contribution in [2.45, 2.75) is 70.5 Å². The van der Waals surface area contributed by atoms with E-state index in [1.807, 2.05) is 24.4 Å². The van der Waals surface area contributed by atoms with Crippen LogP contribution in [0.1, 0.15) is 52.4 Å². The van der Waals surface area contributed by atoms with Gasteiger partial charge in [-0.3, -0.25) is 4.79 Å². The summed E-state index contributed by atoms with van der Waals surface area (Å²) in [6.07, 6.45) is 8.11. The maximum atomic E-state index is 12.6. The van der Waals surface area contributed by atoms with E-state index in [-0.39, 0.29) is 11.8 Å². The number of nitrogens with zero attached hydrogens (tertiary/aromatic N) is 2. The Labute approximate surface area is 151 Å². The van der Waals surface area contributed by atoms with Gasteiger partial charge in [-0.15, -0.1) is 0 Å². The molecule has 1 aromatic heterocycles. The van der Waals surface area contributed by atoms with Gasteiger partial charge in [0.1, 0.15) is 5.82 Å². The molecule has 138 valence electrons. The van der Waals surface area contributed by atoms with Gasteiger partial charge in [-0.1, -0.05) is 6.07 Å². The molecule has 0 spiro atoms. The third-order valence-electron chi connectivity index (χ3n) is 5.72. The monoisotopic (exact) mass is 344 g/mol. The Kier molecular flexibility index (Phi) is 6.29. The molecule has 2 fully saturated rings. The lowest BCUT2D eigenvalue weighted by Crippen LogP contribution is -2.46. The topological polar surface area (TPSA) is 57.3 Å². The van der Waals surface area contributed by atoms with Crippen LogP contribution in [0.5, 0.6) is 0 Å². The first kappa shape index (κ1) is 18.2. The van der Waals surface area contributed by atoms with Gasteiger partial charge in [0.2, 0.25) is 5.91 Å². The summed E-state index contributed by atoms with van der Waals surface area (Å²) < 4.78 is 0. The Bertz CT molecular complexity index is 532. The highest BCUT2D eigenvalue weighted by atomic mass is 16.1. The summed E-state index contributed by atoms with van der Waals surface area (Å²) in [6.45, 7) is 6.57. The predicted octanol–water partition coefficient (Wildman–Crippen LogP) is 3.04. The van der Waals surface area contributed by atoms with Crippen LogP contribution >= 0.6 is 0 Å². The number of likely N-dealkylation sites (tertiary alicyclic amines) is 1. The van der Waals surface area contributed by atoms with Crippen LogP contribution in [0.25, 0.3) is 0 Å². The van der Waals surface area contributed by atoms with Crippen molar-refractivity contribution in [3.63, 3.8) is 0 Å². The van der Waals surface area contributed by atoms with Gasteiger partial charge in [0.15, 0.2) is 0 Å². The molecule has 1 saturated heterocycles. The SMILES string of the molecule is CC(C)N1CCC(C(=O)NC2CCC(Nc3ccccn3)CC2)CC1. The molecular weight excluding hydrogens is 312 g/mol. The smallest absolute Gasteiger partial charge is 0.223 e. The summed E-state index contributed by atoms with van der Waals surface area (Å²) in [5.74, 6) is 1.44. The second-order valence-electron chi connectivity index (χ2n) is 7.82. The Balaban J connectivity index is 1.38. The fourth-order valence-corrected chi connectivity index (χ4v) is 4.04. The lowest BCUT2D eigenvalue weighted by molar-refractivity contribution is -0.127. The van der Waals surface area contributed by atoms with Gasteiger partial charge in [-0.2, -0.15) is 0 Å². The van der Waals surface area contributed by atoms with Crippen molar-refractivity contribution < 1.29 is 4.79 Å². The number of hydrogen-bond acceptors (Lipinski definition) is 4. The van der Waals surface area contributed by atoms with E-state index in [0.717, 1.165) is 57.4 Å². The Morgan fingerprint density at radius 2 is 1.76 bits per heavy atom. The Morgan fingerprint density at radius 3 is 2.36 bits per heavy atom. The molecule has 5 heteroatoms. The number of pyridine rings is 1. The first-order chi connectivity index (χ1) is 12.1. The number of rotatable bonds is 5. The molecule has 0 bridgehead atoms. The summed E-state index contributed by atoms with van der Waals surface area (Å²) in [6, 6.07) is 7.35. The van der Waals surface area contributed by atoms with Crippen molar-refractivity contribution in [3.05, 3.63) is 24.4 Å². The second-order valence-corrected chi connectivity index (χ2v) is 7.82. The lowest BCUT2D eigenvalue weighted by Gasteiger charge is -2.35. The minimum atomic E-state index is 0.208. The van der Waals surface area contributed by atoms with Crippen LogP contribution in [0.15, 0.2) is 24.4 Å². The number of carbonyl (C=O) groups is 1. The first-order valence-corrected chi connectivity index (χ1v) is 9.84. The molecule has 25 heavy (non-hydrogen) atoms. The average Bonchev–Trinajstić information content (AvgIpc) is 2.64. The van der Waals surface area contributed by atoms with E-state index in [1.54, 1.807) is 0 Å². The van der Waals surface area contributed by atoms with Crippen molar-refractivity contribution in [1.29, 1.82) is 0 Å². The summed E-state index contributed by atoms with van der Waals surface area (Å²) in [4.78, 5) is 19.4. The highest BCUT2D eigenvalue weighted by Crippen LogP contribution is 2.23. The maximum absolute atomic E-state index is 12.6. The zero-order valence-electron chi connectivity index (χ0n) is 15.6. The van der Waals surface area contributed by atoms with Gasteiger partial charge in [-0.25, -0.2) is 4.98 Å². The van der Waals surface area contributed by atoms with E-state index in [0.29, 0.717) is 18.1 Å². The number of aromatic nitrogens is 1. The summed E-state index contributed by atoms with van der Waals surface area (Å²) in [5.41, 5.74) is 0. The molecule has 2 N–H and O–H groups in total. The van der Waals surface area contributed by atoms with Crippen molar-refractivity contribution in [2.75, 3.05) is 18.4 Å². The van der Waals surface area contributed by atoms with Crippen LogP contribution in [0.4, 0.5) is 5.82 Å².